The number of nitrogens with one attached hydrogen (secondary N) is 1. The van der Waals surface area contributed by atoms with E-state index in [-0.39, 0.29) is 18.2 Å². The van der Waals surface area contributed by atoms with Crippen molar-refractivity contribution in [2.24, 2.45) is 0 Å². The Labute approximate surface area is 184 Å². The third-order valence-electron chi connectivity index (χ3n) is 6.02. The molecule has 1 aromatic heterocycles. The fraction of sp³-hybridized carbons (Fsp3) is 0.250. The van der Waals surface area contributed by atoms with Crippen molar-refractivity contribution in [3.05, 3.63) is 53.6 Å². The van der Waals surface area contributed by atoms with Crippen LogP contribution in [0.5, 0.6) is 11.6 Å². The van der Waals surface area contributed by atoms with E-state index in [9.17, 15) is 14.4 Å². The first-order chi connectivity index (χ1) is 15.5. The second-order valence-electron chi connectivity index (χ2n) is 7.87. The van der Waals surface area contributed by atoms with Gasteiger partial charge < -0.3 is 14.4 Å². The SMILES string of the molecule is COc1ccc2c(-c3ccc4c(c3)CN(C3CCC(=O)NC3=O)C4=O)nc(OC)cc2c1. The van der Waals surface area contributed by atoms with Crippen LogP contribution in [-0.2, 0) is 16.1 Å². The van der Waals surface area contributed by atoms with Gasteiger partial charge in [0.1, 0.15) is 11.8 Å². The predicted molar refractivity (Wildman–Crippen MR) is 116 cm³/mol. The molecule has 32 heavy (non-hydrogen) atoms. The number of piperidine rings is 1. The van der Waals surface area contributed by atoms with Crippen molar-refractivity contribution in [2.45, 2.75) is 25.4 Å². The molecule has 0 saturated carbocycles. The Morgan fingerprint density at radius 3 is 2.62 bits per heavy atom. The molecule has 1 fully saturated rings. The maximum Gasteiger partial charge on any atom is 0.255 e. The zero-order chi connectivity index (χ0) is 22.4. The van der Waals surface area contributed by atoms with Crippen molar-refractivity contribution < 1.29 is 23.9 Å². The van der Waals surface area contributed by atoms with Gasteiger partial charge in [0.2, 0.25) is 17.7 Å². The number of carbonyl (C=O) groups excluding carboxylic acids is 3. The van der Waals surface area contributed by atoms with Gasteiger partial charge in [-0.15, -0.1) is 0 Å². The van der Waals surface area contributed by atoms with E-state index in [1.54, 1.807) is 20.3 Å². The van der Waals surface area contributed by atoms with Crippen LogP contribution in [0.1, 0.15) is 28.8 Å². The number of pyridine rings is 1. The minimum Gasteiger partial charge on any atom is -0.497 e. The quantitative estimate of drug-likeness (QED) is 0.638. The van der Waals surface area contributed by atoms with Crippen molar-refractivity contribution in [3.63, 3.8) is 0 Å². The van der Waals surface area contributed by atoms with Gasteiger partial charge in [-0.1, -0.05) is 6.07 Å². The molecule has 2 aliphatic heterocycles. The Morgan fingerprint density at radius 1 is 1.03 bits per heavy atom. The zero-order valence-corrected chi connectivity index (χ0v) is 17.7. The summed E-state index contributed by atoms with van der Waals surface area (Å²) in [5.41, 5.74) is 2.96. The summed E-state index contributed by atoms with van der Waals surface area (Å²) < 4.78 is 10.7. The van der Waals surface area contributed by atoms with E-state index in [0.717, 1.165) is 33.3 Å². The zero-order valence-electron chi connectivity index (χ0n) is 17.7. The minimum atomic E-state index is -0.640. The lowest BCUT2D eigenvalue weighted by molar-refractivity contribution is -0.136. The number of ether oxygens (including phenoxy) is 2. The molecule has 2 aliphatic rings. The van der Waals surface area contributed by atoms with Crippen LogP contribution in [-0.4, -0.2) is 47.9 Å². The monoisotopic (exact) mass is 431 g/mol. The number of rotatable bonds is 4. The highest BCUT2D eigenvalue weighted by Crippen LogP contribution is 2.35. The summed E-state index contributed by atoms with van der Waals surface area (Å²) in [5.74, 6) is 0.287. The highest BCUT2D eigenvalue weighted by atomic mass is 16.5. The molecule has 8 nitrogen and oxygen atoms in total. The predicted octanol–water partition coefficient (Wildman–Crippen LogP) is 2.68. The van der Waals surface area contributed by atoms with Crippen LogP contribution in [0.4, 0.5) is 0 Å². The number of hydrogen-bond acceptors (Lipinski definition) is 6. The van der Waals surface area contributed by atoms with Crippen LogP contribution >= 0.6 is 0 Å². The van der Waals surface area contributed by atoms with Crippen LogP contribution in [0, 0.1) is 0 Å². The Morgan fingerprint density at radius 2 is 1.88 bits per heavy atom. The lowest BCUT2D eigenvalue weighted by atomic mass is 10.00. The summed E-state index contributed by atoms with van der Waals surface area (Å²) >= 11 is 0. The van der Waals surface area contributed by atoms with Crippen molar-refractivity contribution in [1.29, 1.82) is 0 Å². The molecule has 1 atom stereocenters. The Kier molecular flexibility index (Phi) is 4.77. The molecule has 1 unspecified atom stereocenters. The highest BCUT2D eigenvalue weighted by Gasteiger charge is 2.39. The number of nitrogens with zero attached hydrogens (tertiary/aromatic N) is 2. The maximum atomic E-state index is 13.0. The summed E-state index contributed by atoms with van der Waals surface area (Å²) in [6.45, 7) is 0.310. The largest absolute Gasteiger partial charge is 0.497 e. The van der Waals surface area contributed by atoms with E-state index in [0.29, 0.717) is 24.4 Å². The number of carbonyl (C=O) groups is 3. The van der Waals surface area contributed by atoms with Gasteiger partial charge >= 0.3 is 0 Å². The Balaban J connectivity index is 1.54. The molecule has 162 valence electrons. The van der Waals surface area contributed by atoms with E-state index in [2.05, 4.69) is 10.3 Å². The van der Waals surface area contributed by atoms with Gasteiger partial charge in [0.05, 0.1) is 19.9 Å². The topological polar surface area (TPSA) is 97.8 Å². The number of aromatic nitrogens is 1. The van der Waals surface area contributed by atoms with Crippen molar-refractivity contribution >= 4 is 28.5 Å². The lowest BCUT2D eigenvalue weighted by Gasteiger charge is -2.29. The first-order valence-corrected chi connectivity index (χ1v) is 10.3. The number of fused-ring (bicyclic) bond motifs is 2. The van der Waals surface area contributed by atoms with E-state index in [1.165, 1.54) is 4.90 Å². The number of benzene rings is 2. The lowest BCUT2D eigenvalue weighted by Crippen LogP contribution is -2.52. The van der Waals surface area contributed by atoms with E-state index >= 15 is 0 Å². The van der Waals surface area contributed by atoms with Gasteiger partial charge in [-0.2, -0.15) is 0 Å². The third kappa shape index (κ3) is 3.24. The number of methoxy groups -OCH3 is 2. The highest BCUT2D eigenvalue weighted by molar-refractivity contribution is 6.06. The number of imide groups is 1. The molecule has 1 N–H and O–H groups in total. The standard InChI is InChI=1S/C24H21N3O5/c1-31-16-4-6-17-14(10-16)11-21(32-2)26-22(17)13-3-5-18-15(9-13)12-27(24(18)30)19-7-8-20(28)25-23(19)29/h3-6,9-11,19H,7-8,12H2,1-2H3,(H,25,28,29). The first-order valence-electron chi connectivity index (χ1n) is 10.3. The molecule has 1 saturated heterocycles. The maximum absolute atomic E-state index is 13.0. The number of amides is 3. The van der Waals surface area contributed by atoms with E-state index in [4.69, 9.17) is 9.47 Å². The molecule has 0 spiro atoms. The average Bonchev–Trinajstić information content (AvgIpc) is 3.13. The van der Waals surface area contributed by atoms with Gasteiger partial charge in [-0.25, -0.2) is 4.98 Å². The van der Waals surface area contributed by atoms with Crippen LogP contribution < -0.4 is 14.8 Å². The molecule has 5 rings (SSSR count). The van der Waals surface area contributed by atoms with Crippen molar-refractivity contribution in [3.8, 4) is 22.9 Å². The fourth-order valence-electron chi connectivity index (χ4n) is 4.38. The molecule has 0 bridgehead atoms. The van der Waals surface area contributed by atoms with Crippen LogP contribution in [0.15, 0.2) is 42.5 Å². The van der Waals surface area contributed by atoms with Crippen LogP contribution in [0.3, 0.4) is 0 Å². The molecule has 3 amide bonds. The summed E-state index contributed by atoms with van der Waals surface area (Å²) in [5, 5.41) is 4.18. The molecule has 2 aromatic carbocycles. The first kappa shape index (κ1) is 20.0. The van der Waals surface area contributed by atoms with E-state index in [1.807, 2.05) is 36.4 Å². The summed E-state index contributed by atoms with van der Waals surface area (Å²) in [6, 6.07) is 12.5. The van der Waals surface area contributed by atoms with Gasteiger partial charge in [-0.05, 0) is 47.7 Å². The van der Waals surface area contributed by atoms with Crippen molar-refractivity contribution in [2.75, 3.05) is 14.2 Å². The minimum absolute atomic E-state index is 0.200. The smallest absolute Gasteiger partial charge is 0.255 e. The van der Waals surface area contributed by atoms with Gasteiger partial charge in [0.15, 0.2) is 0 Å². The van der Waals surface area contributed by atoms with Crippen LogP contribution in [0.25, 0.3) is 22.0 Å². The average molecular weight is 431 g/mol. The molecule has 0 aliphatic carbocycles. The summed E-state index contributed by atoms with van der Waals surface area (Å²) in [6.07, 6.45) is 0.562. The van der Waals surface area contributed by atoms with E-state index < -0.39 is 11.9 Å². The van der Waals surface area contributed by atoms with Crippen LogP contribution in [0.2, 0.25) is 0 Å². The molecule has 3 heterocycles. The molecule has 3 aromatic rings. The third-order valence-corrected chi connectivity index (χ3v) is 6.02. The second-order valence-corrected chi connectivity index (χ2v) is 7.87. The van der Waals surface area contributed by atoms with Gasteiger partial charge in [-0.3, -0.25) is 19.7 Å². The fourth-order valence-corrected chi connectivity index (χ4v) is 4.38. The van der Waals surface area contributed by atoms with Crippen molar-refractivity contribution in [1.82, 2.24) is 15.2 Å². The van der Waals surface area contributed by atoms with Gasteiger partial charge in [0, 0.05) is 35.5 Å². The normalized spacial score (nSPS) is 18.0. The molecule has 8 heteroatoms. The summed E-state index contributed by atoms with van der Waals surface area (Å²) in [4.78, 5) is 42.9. The van der Waals surface area contributed by atoms with Gasteiger partial charge in [0.25, 0.3) is 5.91 Å². The number of hydrogen-bond donors (Lipinski definition) is 1. The summed E-state index contributed by atoms with van der Waals surface area (Å²) in [7, 11) is 3.18. The molecular weight excluding hydrogens is 410 g/mol. The molecular formula is C24H21N3O5. The Hall–Kier alpha value is -3.94. The second kappa shape index (κ2) is 7.64. The Bertz CT molecular complexity index is 1280. The molecule has 0 radical (unpaired) electrons.